The summed E-state index contributed by atoms with van der Waals surface area (Å²) in [7, 11) is 0. The number of nitrogens with zero attached hydrogens (tertiary/aromatic N) is 2. The van der Waals surface area contributed by atoms with Crippen molar-refractivity contribution in [2.75, 3.05) is 0 Å². The summed E-state index contributed by atoms with van der Waals surface area (Å²) in [5.41, 5.74) is 0.191. The highest BCUT2D eigenvalue weighted by Gasteiger charge is 2.23. The highest BCUT2D eigenvalue weighted by molar-refractivity contribution is 6.33. The number of carbonyl (C=O) groups is 1. The van der Waals surface area contributed by atoms with Crippen LogP contribution >= 0.6 is 11.6 Å². The fraction of sp³-hybridized carbons (Fsp3) is 0.0769. The predicted molar refractivity (Wildman–Crippen MR) is 73.5 cm³/mol. The Balaban J connectivity index is 2.18. The maximum absolute atomic E-state index is 12.0. The van der Waals surface area contributed by atoms with Gasteiger partial charge in [-0.05, 0) is 24.3 Å². The molecule has 6 nitrogen and oxygen atoms in total. The summed E-state index contributed by atoms with van der Waals surface area (Å²) in [5.74, 6) is -0.565. The molecular formula is C13H10ClN3O3. The zero-order valence-electron chi connectivity index (χ0n) is 10.2. The molecule has 0 spiro atoms. The number of nitro groups is 1. The Hall–Kier alpha value is -2.47. The SMILES string of the molecule is O=C(NCc1ccccn1)c1cccc(Cl)c1[N+](=O)[O-]. The first-order chi connectivity index (χ1) is 9.59. The molecule has 0 atom stereocenters. The zero-order valence-corrected chi connectivity index (χ0v) is 11.0. The molecule has 0 unspecified atom stereocenters. The molecule has 0 saturated carbocycles. The van der Waals surface area contributed by atoms with Crippen molar-refractivity contribution in [1.82, 2.24) is 10.3 Å². The number of amides is 1. The number of halogens is 1. The molecule has 0 fully saturated rings. The lowest BCUT2D eigenvalue weighted by Gasteiger charge is -2.06. The minimum Gasteiger partial charge on any atom is -0.346 e. The smallest absolute Gasteiger partial charge is 0.300 e. The number of para-hydroxylation sites is 1. The van der Waals surface area contributed by atoms with E-state index >= 15 is 0 Å². The Labute approximate surface area is 119 Å². The van der Waals surface area contributed by atoms with Crippen LogP contribution in [0, 0.1) is 10.1 Å². The predicted octanol–water partition coefficient (Wildman–Crippen LogP) is 2.57. The van der Waals surface area contributed by atoms with E-state index in [0.29, 0.717) is 5.69 Å². The summed E-state index contributed by atoms with van der Waals surface area (Å²) in [6, 6.07) is 9.51. The molecule has 1 N–H and O–H groups in total. The van der Waals surface area contributed by atoms with Crippen LogP contribution in [0.25, 0.3) is 0 Å². The second-order valence-corrected chi connectivity index (χ2v) is 4.30. The highest BCUT2D eigenvalue weighted by atomic mass is 35.5. The van der Waals surface area contributed by atoms with Crippen molar-refractivity contribution >= 4 is 23.2 Å². The summed E-state index contributed by atoms with van der Waals surface area (Å²) in [6.07, 6.45) is 1.60. The van der Waals surface area contributed by atoms with E-state index in [0.717, 1.165) is 0 Å². The third kappa shape index (κ3) is 3.10. The number of hydrogen-bond donors (Lipinski definition) is 1. The lowest BCUT2D eigenvalue weighted by molar-refractivity contribution is -0.385. The quantitative estimate of drug-likeness (QED) is 0.693. The summed E-state index contributed by atoms with van der Waals surface area (Å²) >= 11 is 5.75. The molecule has 1 aromatic carbocycles. The van der Waals surface area contributed by atoms with Crippen LogP contribution in [0.3, 0.4) is 0 Å². The normalized spacial score (nSPS) is 10.1. The van der Waals surface area contributed by atoms with Crippen LogP contribution in [-0.4, -0.2) is 15.8 Å². The molecule has 0 aliphatic carbocycles. The highest BCUT2D eigenvalue weighted by Crippen LogP contribution is 2.27. The molecule has 0 saturated heterocycles. The van der Waals surface area contributed by atoms with Gasteiger partial charge in [0.15, 0.2) is 0 Å². The number of pyridine rings is 1. The number of rotatable bonds is 4. The topological polar surface area (TPSA) is 85.1 Å². The van der Waals surface area contributed by atoms with Crippen LogP contribution in [0.2, 0.25) is 5.02 Å². The monoisotopic (exact) mass is 291 g/mol. The van der Waals surface area contributed by atoms with Gasteiger partial charge in [-0.25, -0.2) is 0 Å². The van der Waals surface area contributed by atoms with Crippen LogP contribution in [0.5, 0.6) is 0 Å². The first kappa shape index (κ1) is 14.0. The van der Waals surface area contributed by atoms with Gasteiger partial charge in [0.2, 0.25) is 0 Å². The van der Waals surface area contributed by atoms with E-state index in [9.17, 15) is 14.9 Å². The Morgan fingerprint density at radius 3 is 2.75 bits per heavy atom. The van der Waals surface area contributed by atoms with Gasteiger partial charge in [-0.1, -0.05) is 23.7 Å². The van der Waals surface area contributed by atoms with E-state index in [1.54, 1.807) is 24.4 Å². The van der Waals surface area contributed by atoms with Crippen molar-refractivity contribution in [2.24, 2.45) is 0 Å². The van der Waals surface area contributed by atoms with Crippen molar-refractivity contribution in [3.8, 4) is 0 Å². The third-order valence-electron chi connectivity index (χ3n) is 2.57. The zero-order chi connectivity index (χ0) is 14.5. The summed E-state index contributed by atoms with van der Waals surface area (Å²) in [4.78, 5) is 26.3. The van der Waals surface area contributed by atoms with Crippen LogP contribution in [0.1, 0.15) is 16.1 Å². The maximum atomic E-state index is 12.0. The summed E-state index contributed by atoms with van der Waals surface area (Å²) in [5, 5.41) is 13.5. The fourth-order valence-corrected chi connectivity index (χ4v) is 1.90. The molecule has 0 aliphatic rings. The van der Waals surface area contributed by atoms with Crippen molar-refractivity contribution in [3.05, 3.63) is 69.0 Å². The van der Waals surface area contributed by atoms with Gasteiger partial charge >= 0.3 is 5.69 Å². The Morgan fingerprint density at radius 1 is 1.30 bits per heavy atom. The van der Waals surface area contributed by atoms with Crippen molar-refractivity contribution in [3.63, 3.8) is 0 Å². The fourth-order valence-electron chi connectivity index (χ4n) is 1.65. The average Bonchev–Trinajstić information content (AvgIpc) is 2.45. The maximum Gasteiger partial charge on any atom is 0.300 e. The number of nitro benzene ring substituents is 1. The first-order valence-corrected chi connectivity index (χ1v) is 6.08. The van der Waals surface area contributed by atoms with Crippen molar-refractivity contribution < 1.29 is 9.72 Å². The standard InChI is InChI=1S/C13H10ClN3O3/c14-11-6-3-5-10(12(11)17(19)20)13(18)16-8-9-4-1-2-7-15-9/h1-7H,8H2,(H,16,18). The van der Waals surface area contributed by atoms with Crippen LogP contribution in [0.4, 0.5) is 5.69 Å². The van der Waals surface area contributed by atoms with E-state index in [4.69, 9.17) is 11.6 Å². The molecule has 102 valence electrons. The number of benzene rings is 1. The van der Waals surface area contributed by atoms with Gasteiger partial charge in [0, 0.05) is 6.20 Å². The summed E-state index contributed by atoms with van der Waals surface area (Å²) < 4.78 is 0. The minimum absolute atomic E-state index is 0.0690. The van der Waals surface area contributed by atoms with Gasteiger partial charge in [-0.2, -0.15) is 0 Å². The van der Waals surface area contributed by atoms with Gasteiger partial charge in [0.25, 0.3) is 5.91 Å². The van der Waals surface area contributed by atoms with E-state index in [1.165, 1.54) is 18.2 Å². The second kappa shape index (κ2) is 6.12. The molecule has 7 heteroatoms. The third-order valence-corrected chi connectivity index (χ3v) is 2.88. The lowest BCUT2D eigenvalue weighted by Crippen LogP contribution is -2.24. The molecule has 2 aromatic rings. The number of nitrogens with one attached hydrogen (secondary N) is 1. The van der Waals surface area contributed by atoms with Crippen LogP contribution in [-0.2, 0) is 6.54 Å². The van der Waals surface area contributed by atoms with Crippen LogP contribution < -0.4 is 5.32 Å². The molecule has 2 rings (SSSR count). The van der Waals surface area contributed by atoms with Gasteiger partial charge in [-0.15, -0.1) is 0 Å². The average molecular weight is 292 g/mol. The first-order valence-electron chi connectivity index (χ1n) is 5.70. The molecule has 1 amide bonds. The second-order valence-electron chi connectivity index (χ2n) is 3.90. The minimum atomic E-state index is -0.669. The van der Waals surface area contributed by atoms with Gasteiger partial charge in [-0.3, -0.25) is 19.9 Å². The van der Waals surface area contributed by atoms with Crippen LogP contribution in [0.15, 0.2) is 42.6 Å². The lowest BCUT2D eigenvalue weighted by atomic mass is 10.1. The number of hydrogen-bond acceptors (Lipinski definition) is 4. The van der Waals surface area contributed by atoms with Crippen molar-refractivity contribution in [2.45, 2.75) is 6.54 Å². The molecule has 0 radical (unpaired) electrons. The Kier molecular flexibility index (Phi) is 4.27. The number of aromatic nitrogens is 1. The van der Waals surface area contributed by atoms with Crippen molar-refractivity contribution in [1.29, 1.82) is 0 Å². The molecule has 0 aliphatic heterocycles. The van der Waals surface area contributed by atoms with E-state index in [-0.39, 0.29) is 17.1 Å². The molecule has 1 heterocycles. The van der Waals surface area contributed by atoms with Gasteiger partial charge in [0.1, 0.15) is 10.6 Å². The number of carbonyl (C=O) groups excluding carboxylic acids is 1. The van der Waals surface area contributed by atoms with E-state index in [1.807, 2.05) is 0 Å². The molecule has 1 aromatic heterocycles. The van der Waals surface area contributed by atoms with Gasteiger partial charge in [0.05, 0.1) is 17.2 Å². The molecule has 20 heavy (non-hydrogen) atoms. The van der Waals surface area contributed by atoms with E-state index < -0.39 is 16.5 Å². The Morgan fingerprint density at radius 2 is 2.10 bits per heavy atom. The van der Waals surface area contributed by atoms with E-state index in [2.05, 4.69) is 10.3 Å². The molecular weight excluding hydrogens is 282 g/mol. The Bertz CT molecular complexity index is 647. The largest absolute Gasteiger partial charge is 0.346 e. The molecule has 0 bridgehead atoms. The summed E-state index contributed by atoms with van der Waals surface area (Å²) in [6.45, 7) is 0.184. The van der Waals surface area contributed by atoms with Gasteiger partial charge < -0.3 is 5.32 Å².